The Morgan fingerprint density at radius 3 is 2.75 bits per heavy atom. The van der Waals surface area contributed by atoms with Crippen molar-refractivity contribution in [1.82, 2.24) is 9.88 Å². The smallest absolute Gasteiger partial charge is 0.141 e. The van der Waals surface area contributed by atoms with Crippen molar-refractivity contribution in [2.24, 2.45) is 0 Å². The van der Waals surface area contributed by atoms with Gasteiger partial charge in [0.25, 0.3) is 0 Å². The van der Waals surface area contributed by atoms with Crippen LogP contribution in [0, 0.1) is 5.82 Å². The van der Waals surface area contributed by atoms with Crippen molar-refractivity contribution in [3.63, 3.8) is 0 Å². The molecule has 0 amide bonds. The van der Waals surface area contributed by atoms with E-state index in [1.54, 1.807) is 6.07 Å². The molecule has 5 heteroatoms. The van der Waals surface area contributed by atoms with Crippen LogP contribution in [0.4, 0.5) is 10.2 Å². The van der Waals surface area contributed by atoms with E-state index in [4.69, 9.17) is 4.74 Å². The van der Waals surface area contributed by atoms with Gasteiger partial charge in [0.2, 0.25) is 0 Å². The highest BCUT2D eigenvalue weighted by Crippen LogP contribution is 2.15. The van der Waals surface area contributed by atoms with E-state index in [1.165, 1.54) is 12.3 Å². The largest absolute Gasteiger partial charge is 0.377 e. The second-order valence-corrected chi connectivity index (χ2v) is 5.54. The fraction of sp³-hybridized carbons (Fsp3) is 0.667. The van der Waals surface area contributed by atoms with Gasteiger partial charge in [-0.2, -0.15) is 0 Å². The molecule has 0 atom stereocenters. The maximum atomic E-state index is 12.8. The van der Waals surface area contributed by atoms with Gasteiger partial charge in [-0.05, 0) is 38.8 Å². The van der Waals surface area contributed by atoms with E-state index in [0.717, 1.165) is 44.9 Å². The van der Waals surface area contributed by atoms with Gasteiger partial charge in [0.05, 0.1) is 18.9 Å². The van der Waals surface area contributed by atoms with E-state index in [2.05, 4.69) is 29.0 Å². The van der Waals surface area contributed by atoms with E-state index in [9.17, 15) is 4.39 Å². The number of nitrogens with one attached hydrogen (secondary N) is 1. The Kier molecular flexibility index (Phi) is 5.73. The van der Waals surface area contributed by atoms with Gasteiger partial charge in [-0.3, -0.25) is 0 Å². The Hall–Kier alpha value is -1.20. The van der Waals surface area contributed by atoms with Gasteiger partial charge >= 0.3 is 0 Å². The molecule has 0 spiro atoms. The maximum Gasteiger partial charge on any atom is 0.141 e. The molecule has 1 aliphatic rings. The molecule has 1 saturated heterocycles. The van der Waals surface area contributed by atoms with Gasteiger partial charge in [0, 0.05) is 25.7 Å². The lowest BCUT2D eigenvalue weighted by Crippen LogP contribution is -2.40. The zero-order valence-corrected chi connectivity index (χ0v) is 12.3. The number of halogens is 1. The number of anilines is 1. The molecule has 0 aromatic carbocycles. The molecule has 112 valence electrons. The number of hydrogen-bond acceptors (Lipinski definition) is 4. The van der Waals surface area contributed by atoms with Gasteiger partial charge in [-0.1, -0.05) is 0 Å². The third-order valence-electron chi connectivity index (χ3n) is 3.53. The number of aromatic nitrogens is 1. The van der Waals surface area contributed by atoms with Crippen LogP contribution in [-0.2, 0) is 4.74 Å². The fourth-order valence-corrected chi connectivity index (χ4v) is 2.39. The standard InChI is InChI=1S/C15H24FN3O/c1-12(2)20-10-9-19-7-5-14(6-8-19)18-15-4-3-13(16)11-17-15/h3-4,11-12,14H,5-10H2,1-2H3,(H,17,18). The van der Waals surface area contributed by atoms with Crippen molar-refractivity contribution in [2.45, 2.75) is 38.8 Å². The monoisotopic (exact) mass is 281 g/mol. The summed E-state index contributed by atoms with van der Waals surface area (Å²) < 4.78 is 18.4. The lowest BCUT2D eigenvalue weighted by atomic mass is 10.1. The van der Waals surface area contributed by atoms with Crippen molar-refractivity contribution >= 4 is 5.82 Å². The molecule has 1 aliphatic heterocycles. The number of ether oxygens (including phenoxy) is 1. The van der Waals surface area contributed by atoms with Crippen LogP contribution >= 0.6 is 0 Å². The molecule has 1 aromatic rings. The minimum Gasteiger partial charge on any atom is -0.377 e. The van der Waals surface area contributed by atoms with Gasteiger partial charge < -0.3 is 15.0 Å². The predicted octanol–water partition coefficient (Wildman–Crippen LogP) is 2.52. The Balaban J connectivity index is 1.67. The number of pyridine rings is 1. The minimum absolute atomic E-state index is 0.296. The van der Waals surface area contributed by atoms with Gasteiger partial charge in [0.15, 0.2) is 0 Å². The van der Waals surface area contributed by atoms with Crippen molar-refractivity contribution < 1.29 is 9.13 Å². The van der Waals surface area contributed by atoms with Crippen LogP contribution in [0.1, 0.15) is 26.7 Å². The minimum atomic E-state index is -0.296. The van der Waals surface area contributed by atoms with Crippen molar-refractivity contribution in [3.8, 4) is 0 Å². The molecule has 0 bridgehead atoms. The molecule has 20 heavy (non-hydrogen) atoms. The van der Waals surface area contributed by atoms with Crippen LogP contribution in [0.5, 0.6) is 0 Å². The van der Waals surface area contributed by atoms with Crippen LogP contribution in [0.3, 0.4) is 0 Å². The van der Waals surface area contributed by atoms with Crippen LogP contribution in [0.2, 0.25) is 0 Å². The summed E-state index contributed by atoms with van der Waals surface area (Å²) in [6.07, 6.45) is 3.72. The first-order chi connectivity index (χ1) is 9.63. The summed E-state index contributed by atoms with van der Waals surface area (Å²) in [5.41, 5.74) is 0. The van der Waals surface area contributed by atoms with Crippen molar-refractivity contribution in [3.05, 3.63) is 24.1 Å². The number of likely N-dealkylation sites (tertiary alicyclic amines) is 1. The normalized spacial score (nSPS) is 17.6. The van der Waals surface area contributed by atoms with Crippen molar-refractivity contribution in [2.75, 3.05) is 31.6 Å². The summed E-state index contributed by atoms with van der Waals surface area (Å²) in [6, 6.07) is 3.56. The first kappa shape index (κ1) is 15.2. The summed E-state index contributed by atoms with van der Waals surface area (Å²) in [7, 11) is 0. The van der Waals surface area contributed by atoms with Gasteiger partial charge in [-0.15, -0.1) is 0 Å². The summed E-state index contributed by atoms with van der Waals surface area (Å²) >= 11 is 0. The third kappa shape index (κ3) is 5.06. The second kappa shape index (κ2) is 7.55. The molecule has 2 heterocycles. The van der Waals surface area contributed by atoms with E-state index >= 15 is 0 Å². The highest BCUT2D eigenvalue weighted by molar-refractivity contribution is 5.34. The topological polar surface area (TPSA) is 37.4 Å². The lowest BCUT2D eigenvalue weighted by Gasteiger charge is -2.32. The molecular weight excluding hydrogens is 257 g/mol. The summed E-state index contributed by atoms with van der Waals surface area (Å²) in [5.74, 6) is 0.462. The van der Waals surface area contributed by atoms with Crippen LogP contribution in [0.25, 0.3) is 0 Å². The molecule has 1 N–H and O–H groups in total. The maximum absolute atomic E-state index is 12.8. The third-order valence-corrected chi connectivity index (χ3v) is 3.53. The average Bonchev–Trinajstić information content (AvgIpc) is 2.43. The first-order valence-electron chi connectivity index (χ1n) is 7.35. The summed E-state index contributed by atoms with van der Waals surface area (Å²) in [6.45, 7) is 8.06. The number of rotatable bonds is 6. The summed E-state index contributed by atoms with van der Waals surface area (Å²) in [5, 5.41) is 3.37. The second-order valence-electron chi connectivity index (χ2n) is 5.54. The number of nitrogens with zero attached hydrogens (tertiary/aromatic N) is 2. The molecule has 2 rings (SSSR count). The zero-order valence-electron chi connectivity index (χ0n) is 12.3. The first-order valence-corrected chi connectivity index (χ1v) is 7.35. The average molecular weight is 281 g/mol. The van der Waals surface area contributed by atoms with E-state index in [0.29, 0.717) is 12.1 Å². The van der Waals surface area contributed by atoms with Crippen LogP contribution < -0.4 is 5.32 Å². The Labute approximate surface area is 120 Å². The van der Waals surface area contributed by atoms with Crippen molar-refractivity contribution in [1.29, 1.82) is 0 Å². The molecule has 0 aliphatic carbocycles. The lowest BCUT2D eigenvalue weighted by molar-refractivity contribution is 0.0543. The Bertz CT molecular complexity index is 389. The van der Waals surface area contributed by atoms with E-state index in [1.807, 2.05) is 0 Å². The quantitative estimate of drug-likeness (QED) is 0.869. The SMILES string of the molecule is CC(C)OCCN1CCC(Nc2ccc(F)cn2)CC1. The number of piperidine rings is 1. The summed E-state index contributed by atoms with van der Waals surface area (Å²) in [4.78, 5) is 6.47. The molecular formula is C15H24FN3O. The van der Waals surface area contributed by atoms with Gasteiger partial charge in [-0.25, -0.2) is 9.37 Å². The molecule has 0 radical (unpaired) electrons. The Morgan fingerprint density at radius 1 is 1.40 bits per heavy atom. The zero-order chi connectivity index (χ0) is 14.4. The van der Waals surface area contributed by atoms with E-state index in [-0.39, 0.29) is 5.82 Å². The predicted molar refractivity (Wildman–Crippen MR) is 78.4 cm³/mol. The molecule has 4 nitrogen and oxygen atoms in total. The molecule has 1 fully saturated rings. The van der Waals surface area contributed by atoms with Crippen LogP contribution in [0.15, 0.2) is 18.3 Å². The molecule has 0 saturated carbocycles. The number of hydrogen-bond donors (Lipinski definition) is 1. The molecule has 0 unspecified atom stereocenters. The fourth-order valence-electron chi connectivity index (χ4n) is 2.39. The van der Waals surface area contributed by atoms with Gasteiger partial charge in [0.1, 0.15) is 11.6 Å². The highest BCUT2D eigenvalue weighted by Gasteiger charge is 2.19. The highest BCUT2D eigenvalue weighted by atomic mass is 19.1. The Morgan fingerprint density at radius 2 is 2.15 bits per heavy atom. The molecule has 1 aromatic heterocycles. The van der Waals surface area contributed by atoms with E-state index < -0.39 is 0 Å². The van der Waals surface area contributed by atoms with Crippen LogP contribution in [-0.4, -0.2) is 48.3 Å².